The molecule has 0 aliphatic carbocycles. The van der Waals surface area contributed by atoms with Crippen LogP contribution in [-0.4, -0.2) is 18.0 Å². The second-order valence-electron chi connectivity index (χ2n) is 4.90. The van der Waals surface area contributed by atoms with Gasteiger partial charge < -0.3 is 4.90 Å². The average Bonchev–Trinajstić information content (AvgIpc) is 2.46. The van der Waals surface area contributed by atoms with Gasteiger partial charge in [0.25, 0.3) is 5.69 Å². The monoisotopic (exact) mass is 342 g/mol. The molecule has 0 saturated carbocycles. The number of nitro groups is 1. The van der Waals surface area contributed by atoms with Crippen molar-refractivity contribution in [2.45, 2.75) is 44.9 Å². The molecule has 0 bridgehead atoms. The predicted molar refractivity (Wildman–Crippen MR) is 87.8 cm³/mol. The van der Waals surface area contributed by atoms with Crippen LogP contribution in [0.5, 0.6) is 0 Å². The Bertz CT molecular complexity index is 430. The average molecular weight is 343 g/mol. The number of rotatable bonds is 9. The van der Waals surface area contributed by atoms with Gasteiger partial charge in [-0.05, 0) is 25.0 Å². The molecule has 0 fully saturated rings. The number of alkyl halides is 1. The molecule has 0 N–H and O–H groups in total. The number of nitro benzene ring substituents is 1. The highest BCUT2D eigenvalue weighted by Crippen LogP contribution is 2.27. The Labute approximate surface area is 129 Å². The lowest BCUT2D eigenvalue weighted by Gasteiger charge is -2.25. The van der Waals surface area contributed by atoms with Gasteiger partial charge in [-0.3, -0.25) is 10.1 Å². The topological polar surface area (TPSA) is 46.4 Å². The second-order valence-corrected chi connectivity index (χ2v) is 5.46. The molecule has 0 radical (unpaired) electrons. The largest absolute Gasteiger partial charge is 0.372 e. The van der Waals surface area contributed by atoms with Crippen LogP contribution in [0.3, 0.4) is 0 Å². The van der Waals surface area contributed by atoms with E-state index < -0.39 is 0 Å². The Balaban J connectivity index is 2.97. The van der Waals surface area contributed by atoms with Gasteiger partial charge in [0, 0.05) is 35.7 Å². The van der Waals surface area contributed by atoms with E-state index in [0.717, 1.165) is 50.0 Å². The Kier molecular flexibility index (Phi) is 7.59. The van der Waals surface area contributed by atoms with E-state index >= 15 is 0 Å². The van der Waals surface area contributed by atoms with Crippen LogP contribution in [0.15, 0.2) is 18.2 Å². The fourth-order valence-corrected chi connectivity index (χ4v) is 2.57. The molecule has 0 unspecified atom stereocenters. The normalized spacial score (nSPS) is 10.6. The molecule has 1 aromatic rings. The van der Waals surface area contributed by atoms with Gasteiger partial charge in [-0.2, -0.15) is 0 Å². The summed E-state index contributed by atoms with van der Waals surface area (Å²) in [6.07, 6.45) is 4.59. The quantitative estimate of drug-likeness (QED) is 0.364. The molecule has 0 aliphatic heterocycles. The molecular weight excluding hydrogens is 320 g/mol. The zero-order valence-corrected chi connectivity index (χ0v) is 13.9. The lowest BCUT2D eigenvalue weighted by molar-refractivity contribution is -0.385. The van der Waals surface area contributed by atoms with Crippen LogP contribution in [0.1, 0.15) is 45.1 Å². The van der Waals surface area contributed by atoms with Crippen LogP contribution < -0.4 is 4.90 Å². The molecule has 0 amide bonds. The summed E-state index contributed by atoms with van der Waals surface area (Å²) in [4.78, 5) is 13.0. The third-order valence-electron chi connectivity index (χ3n) is 3.33. The van der Waals surface area contributed by atoms with Gasteiger partial charge in [-0.25, -0.2) is 0 Å². The summed E-state index contributed by atoms with van der Waals surface area (Å²) >= 11 is 3.34. The van der Waals surface area contributed by atoms with Crippen molar-refractivity contribution in [1.82, 2.24) is 0 Å². The van der Waals surface area contributed by atoms with Crippen LogP contribution >= 0.6 is 15.9 Å². The van der Waals surface area contributed by atoms with Crippen molar-refractivity contribution in [2.75, 3.05) is 18.0 Å². The molecule has 5 heteroatoms. The Hall–Kier alpha value is -1.10. The first kappa shape index (κ1) is 17.0. The number of hydrogen-bond acceptors (Lipinski definition) is 3. The van der Waals surface area contributed by atoms with Gasteiger partial charge in [-0.15, -0.1) is 0 Å². The smallest absolute Gasteiger partial charge is 0.273 e. The van der Waals surface area contributed by atoms with E-state index in [1.807, 2.05) is 12.1 Å². The second kappa shape index (κ2) is 8.95. The SMILES string of the molecule is CCCCN(CCCC)c1ccc([N+](=O)[O-])c(CBr)c1. The molecule has 1 rings (SSSR count). The number of nitrogens with zero attached hydrogens (tertiary/aromatic N) is 2. The van der Waals surface area contributed by atoms with E-state index in [-0.39, 0.29) is 10.6 Å². The molecule has 0 atom stereocenters. The van der Waals surface area contributed by atoms with Gasteiger partial charge in [0.15, 0.2) is 0 Å². The fraction of sp³-hybridized carbons (Fsp3) is 0.600. The minimum Gasteiger partial charge on any atom is -0.372 e. The fourth-order valence-electron chi connectivity index (χ4n) is 2.12. The first-order valence-electron chi connectivity index (χ1n) is 7.22. The van der Waals surface area contributed by atoms with Crippen molar-refractivity contribution in [3.8, 4) is 0 Å². The predicted octanol–water partition coefficient (Wildman–Crippen LogP) is 4.90. The summed E-state index contributed by atoms with van der Waals surface area (Å²) in [6, 6.07) is 5.44. The number of hydrogen-bond donors (Lipinski definition) is 0. The maximum atomic E-state index is 11.0. The van der Waals surface area contributed by atoms with Crippen LogP contribution in [-0.2, 0) is 5.33 Å². The van der Waals surface area contributed by atoms with E-state index in [0.29, 0.717) is 5.33 Å². The first-order valence-corrected chi connectivity index (χ1v) is 8.34. The molecule has 0 aliphatic rings. The van der Waals surface area contributed by atoms with Gasteiger partial charge >= 0.3 is 0 Å². The number of unbranched alkanes of at least 4 members (excludes halogenated alkanes) is 2. The molecule has 112 valence electrons. The lowest BCUT2D eigenvalue weighted by Crippen LogP contribution is -2.25. The van der Waals surface area contributed by atoms with Crippen molar-refractivity contribution in [2.24, 2.45) is 0 Å². The van der Waals surface area contributed by atoms with E-state index in [1.165, 1.54) is 0 Å². The van der Waals surface area contributed by atoms with Crippen molar-refractivity contribution in [1.29, 1.82) is 0 Å². The minimum absolute atomic E-state index is 0.191. The molecular formula is C15H23BrN2O2. The van der Waals surface area contributed by atoms with Gasteiger partial charge in [0.2, 0.25) is 0 Å². The summed E-state index contributed by atoms with van der Waals surface area (Å²) in [7, 11) is 0. The molecule has 0 saturated heterocycles. The minimum atomic E-state index is -0.317. The Morgan fingerprint density at radius 3 is 2.25 bits per heavy atom. The Morgan fingerprint density at radius 1 is 1.20 bits per heavy atom. The number of halogens is 1. The third-order valence-corrected chi connectivity index (χ3v) is 3.94. The summed E-state index contributed by atoms with van der Waals surface area (Å²) < 4.78 is 0. The number of benzene rings is 1. The van der Waals surface area contributed by atoms with Crippen molar-refractivity contribution >= 4 is 27.3 Å². The van der Waals surface area contributed by atoms with E-state index in [2.05, 4.69) is 34.7 Å². The van der Waals surface area contributed by atoms with Crippen LogP contribution in [0.2, 0.25) is 0 Å². The van der Waals surface area contributed by atoms with Crippen LogP contribution in [0.4, 0.5) is 11.4 Å². The molecule has 0 aromatic heterocycles. The van der Waals surface area contributed by atoms with Gasteiger partial charge in [0.05, 0.1) is 4.92 Å². The first-order chi connectivity index (χ1) is 9.63. The highest BCUT2D eigenvalue weighted by atomic mass is 79.9. The van der Waals surface area contributed by atoms with E-state index in [1.54, 1.807) is 6.07 Å². The standard InChI is InChI=1S/C15H23BrN2O2/c1-3-5-9-17(10-6-4-2)14-7-8-15(18(19)20)13(11-14)12-16/h7-8,11H,3-6,9-10,12H2,1-2H3. The summed E-state index contributed by atoms with van der Waals surface area (Å²) in [5.74, 6) is 0. The highest BCUT2D eigenvalue weighted by molar-refractivity contribution is 9.08. The lowest BCUT2D eigenvalue weighted by atomic mass is 10.1. The molecule has 0 heterocycles. The van der Waals surface area contributed by atoms with Gasteiger partial charge in [-0.1, -0.05) is 42.6 Å². The Morgan fingerprint density at radius 2 is 1.80 bits per heavy atom. The zero-order valence-electron chi connectivity index (χ0n) is 12.3. The highest BCUT2D eigenvalue weighted by Gasteiger charge is 2.15. The van der Waals surface area contributed by atoms with E-state index in [4.69, 9.17) is 0 Å². The summed E-state index contributed by atoms with van der Waals surface area (Å²) in [6.45, 7) is 6.38. The van der Waals surface area contributed by atoms with Crippen molar-refractivity contribution in [3.05, 3.63) is 33.9 Å². The van der Waals surface area contributed by atoms with Crippen molar-refractivity contribution < 1.29 is 4.92 Å². The molecule has 4 nitrogen and oxygen atoms in total. The van der Waals surface area contributed by atoms with Crippen LogP contribution in [0, 0.1) is 10.1 Å². The number of anilines is 1. The maximum absolute atomic E-state index is 11.0. The van der Waals surface area contributed by atoms with Gasteiger partial charge in [0.1, 0.15) is 0 Å². The maximum Gasteiger partial charge on any atom is 0.273 e. The third kappa shape index (κ3) is 4.78. The summed E-state index contributed by atoms with van der Waals surface area (Å²) in [5.41, 5.74) is 2.02. The molecule has 0 spiro atoms. The zero-order chi connectivity index (χ0) is 15.0. The summed E-state index contributed by atoms with van der Waals surface area (Å²) in [5, 5.41) is 11.5. The molecule has 1 aromatic carbocycles. The van der Waals surface area contributed by atoms with Crippen LogP contribution in [0.25, 0.3) is 0 Å². The van der Waals surface area contributed by atoms with Crippen molar-refractivity contribution in [3.63, 3.8) is 0 Å². The van der Waals surface area contributed by atoms with E-state index in [9.17, 15) is 10.1 Å². The molecule has 20 heavy (non-hydrogen) atoms.